The van der Waals surface area contributed by atoms with E-state index in [1.807, 2.05) is 0 Å². The first-order chi connectivity index (χ1) is 4.85. The zero-order chi connectivity index (χ0) is 7.82. The average Bonchev–Trinajstić information content (AvgIpc) is 1.98. The van der Waals surface area contributed by atoms with Gasteiger partial charge in [-0.3, -0.25) is 0 Å². The molecule has 0 radical (unpaired) electrons. The lowest BCUT2D eigenvalue weighted by atomic mass is 10.4. The van der Waals surface area contributed by atoms with Crippen molar-refractivity contribution >= 4 is 0 Å². The first-order valence-electron chi connectivity index (χ1n) is 3.76. The van der Waals surface area contributed by atoms with Crippen molar-refractivity contribution in [2.75, 3.05) is 39.9 Å². The molecule has 0 rings (SSSR count). The molecule has 10 heavy (non-hydrogen) atoms. The van der Waals surface area contributed by atoms with Gasteiger partial charge in [-0.25, -0.2) is 0 Å². The third kappa shape index (κ3) is 4.73. The highest BCUT2D eigenvalue weighted by molar-refractivity contribution is 4.53. The van der Waals surface area contributed by atoms with Crippen LogP contribution in [0.4, 0.5) is 0 Å². The fraction of sp³-hybridized carbons (Fsp3) is 1.00. The largest absolute Gasteiger partial charge is 0.383 e. The molecule has 0 unspecified atom stereocenters. The summed E-state index contributed by atoms with van der Waals surface area (Å²) in [6.45, 7) is 6.68. The Morgan fingerprint density at radius 3 is 2.50 bits per heavy atom. The molecular formula is C7H18N2O. The van der Waals surface area contributed by atoms with Crippen molar-refractivity contribution in [3.05, 3.63) is 0 Å². The Bertz CT molecular complexity index is 68.6. The molecule has 0 aliphatic carbocycles. The summed E-state index contributed by atoms with van der Waals surface area (Å²) < 4.78 is 4.94. The second-order valence-corrected chi connectivity index (χ2v) is 2.22. The molecule has 0 aliphatic heterocycles. The van der Waals surface area contributed by atoms with Crippen molar-refractivity contribution in [1.82, 2.24) is 4.90 Å². The lowest BCUT2D eigenvalue weighted by Crippen LogP contribution is -2.32. The standard InChI is InChI=1S/C7H18N2O/c1-3-9(5-4-8)6-7-10-2/h3-8H2,1-2H3. The van der Waals surface area contributed by atoms with Crippen molar-refractivity contribution < 1.29 is 4.74 Å². The van der Waals surface area contributed by atoms with Gasteiger partial charge < -0.3 is 15.4 Å². The van der Waals surface area contributed by atoms with Gasteiger partial charge in [0.05, 0.1) is 6.61 Å². The summed E-state index contributed by atoms with van der Waals surface area (Å²) in [6.07, 6.45) is 0. The summed E-state index contributed by atoms with van der Waals surface area (Å²) in [7, 11) is 1.72. The van der Waals surface area contributed by atoms with Crippen LogP contribution in [0, 0.1) is 0 Å². The van der Waals surface area contributed by atoms with Crippen LogP contribution in [0.1, 0.15) is 6.92 Å². The lowest BCUT2D eigenvalue weighted by Gasteiger charge is -2.18. The highest BCUT2D eigenvalue weighted by Crippen LogP contribution is 1.84. The minimum atomic E-state index is 0.734. The van der Waals surface area contributed by atoms with E-state index in [2.05, 4.69) is 11.8 Å². The molecule has 0 bridgehead atoms. The Hall–Kier alpha value is -0.120. The zero-order valence-corrected chi connectivity index (χ0v) is 6.97. The molecule has 0 amide bonds. The minimum Gasteiger partial charge on any atom is -0.383 e. The van der Waals surface area contributed by atoms with Gasteiger partial charge in [-0.15, -0.1) is 0 Å². The van der Waals surface area contributed by atoms with E-state index in [0.717, 1.165) is 32.8 Å². The maximum Gasteiger partial charge on any atom is 0.0589 e. The van der Waals surface area contributed by atoms with Crippen molar-refractivity contribution in [3.63, 3.8) is 0 Å². The van der Waals surface area contributed by atoms with Crippen LogP contribution >= 0.6 is 0 Å². The third-order valence-corrected chi connectivity index (χ3v) is 1.50. The molecule has 3 nitrogen and oxygen atoms in total. The topological polar surface area (TPSA) is 38.5 Å². The van der Waals surface area contributed by atoms with E-state index in [0.29, 0.717) is 0 Å². The van der Waals surface area contributed by atoms with E-state index in [1.165, 1.54) is 0 Å². The van der Waals surface area contributed by atoms with Crippen LogP contribution in [0.15, 0.2) is 0 Å². The smallest absolute Gasteiger partial charge is 0.0589 e. The Morgan fingerprint density at radius 2 is 2.10 bits per heavy atom. The molecule has 0 aromatic heterocycles. The Morgan fingerprint density at radius 1 is 1.40 bits per heavy atom. The highest BCUT2D eigenvalue weighted by atomic mass is 16.5. The van der Waals surface area contributed by atoms with E-state index in [1.54, 1.807) is 7.11 Å². The van der Waals surface area contributed by atoms with Crippen LogP contribution in [0.2, 0.25) is 0 Å². The molecule has 0 saturated heterocycles. The van der Waals surface area contributed by atoms with Gasteiger partial charge in [0.1, 0.15) is 0 Å². The van der Waals surface area contributed by atoms with E-state index < -0.39 is 0 Å². The first-order valence-corrected chi connectivity index (χ1v) is 3.76. The summed E-state index contributed by atoms with van der Waals surface area (Å²) in [5, 5.41) is 0. The summed E-state index contributed by atoms with van der Waals surface area (Å²) in [4.78, 5) is 2.27. The molecule has 0 heterocycles. The Labute approximate surface area is 63.1 Å². The number of methoxy groups -OCH3 is 1. The molecule has 0 saturated carbocycles. The molecule has 0 spiro atoms. The maximum atomic E-state index is 5.39. The molecule has 62 valence electrons. The van der Waals surface area contributed by atoms with Gasteiger partial charge in [0, 0.05) is 26.7 Å². The van der Waals surface area contributed by atoms with Gasteiger partial charge in [-0.2, -0.15) is 0 Å². The SMILES string of the molecule is CCN(CCN)CCOC. The van der Waals surface area contributed by atoms with E-state index in [9.17, 15) is 0 Å². The molecule has 0 atom stereocenters. The predicted octanol–water partition coefficient (Wildman–Crippen LogP) is -0.0866. The van der Waals surface area contributed by atoms with Crippen LogP contribution in [-0.2, 0) is 4.74 Å². The monoisotopic (exact) mass is 146 g/mol. The minimum absolute atomic E-state index is 0.734. The second-order valence-electron chi connectivity index (χ2n) is 2.22. The average molecular weight is 146 g/mol. The summed E-state index contributed by atoms with van der Waals surface area (Å²) in [6, 6.07) is 0. The predicted molar refractivity (Wildman–Crippen MR) is 43.0 cm³/mol. The molecule has 3 heteroatoms. The fourth-order valence-corrected chi connectivity index (χ4v) is 0.831. The van der Waals surface area contributed by atoms with Gasteiger partial charge in [-0.05, 0) is 6.54 Å². The number of likely N-dealkylation sites (N-methyl/N-ethyl adjacent to an activating group) is 1. The van der Waals surface area contributed by atoms with Crippen molar-refractivity contribution in [2.45, 2.75) is 6.92 Å². The number of ether oxygens (including phenoxy) is 1. The number of nitrogens with zero attached hydrogens (tertiary/aromatic N) is 1. The Kier molecular flexibility index (Phi) is 6.91. The highest BCUT2D eigenvalue weighted by Gasteiger charge is 1.97. The van der Waals surface area contributed by atoms with Gasteiger partial charge in [0.2, 0.25) is 0 Å². The molecule has 0 fully saturated rings. The third-order valence-electron chi connectivity index (χ3n) is 1.50. The summed E-state index contributed by atoms with van der Waals surface area (Å²) >= 11 is 0. The molecule has 0 aliphatic rings. The van der Waals surface area contributed by atoms with Crippen molar-refractivity contribution in [3.8, 4) is 0 Å². The number of hydrogen-bond acceptors (Lipinski definition) is 3. The number of rotatable bonds is 6. The van der Waals surface area contributed by atoms with Crippen molar-refractivity contribution in [1.29, 1.82) is 0 Å². The molecule has 0 aromatic carbocycles. The quantitative estimate of drug-likeness (QED) is 0.569. The molecule has 0 aromatic rings. The summed E-state index contributed by atoms with van der Waals surface area (Å²) in [5.74, 6) is 0. The van der Waals surface area contributed by atoms with E-state index in [4.69, 9.17) is 10.5 Å². The summed E-state index contributed by atoms with van der Waals surface area (Å²) in [5.41, 5.74) is 5.39. The number of hydrogen-bond donors (Lipinski definition) is 1. The van der Waals surface area contributed by atoms with E-state index in [-0.39, 0.29) is 0 Å². The maximum absolute atomic E-state index is 5.39. The molecule has 2 N–H and O–H groups in total. The van der Waals surface area contributed by atoms with Crippen LogP contribution in [0.25, 0.3) is 0 Å². The fourth-order valence-electron chi connectivity index (χ4n) is 0.831. The van der Waals surface area contributed by atoms with Crippen molar-refractivity contribution in [2.24, 2.45) is 5.73 Å². The number of nitrogens with two attached hydrogens (primary N) is 1. The Balaban J connectivity index is 3.21. The normalized spacial score (nSPS) is 10.8. The zero-order valence-electron chi connectivity index (χ0n) is 6.97. The van der Waals surface area contributed by atoms with Gasteiger partial charge in [-0.1, -0.05) is 6.92 Å². The van der Waals surface area contributed by atoms with Crippen LogP contribution in [0.5, 0.6) is 0 Å². The van der Waals surface area contributed by atoms with E-state index >= 15 is 0 Å². The van der Waals surface area contributed by atoms with Gasteiger partial charge >= 0.3 is 0 Å². The molecular weight excluding hydrogens is 128 g/mol. The first kappa shape index (κ1) is 9.88. The van der Waals surface area contributed by atoms with Crippen LogP contribution < -0.4 is 5.73 Å². The van der Waals surface area contributed by atoms with Gasteiger partial charge in [0.15, 0.2) is 0 Å². The second kappa shape index (κ2) is 6.99. The van der Waals surface area contributed by atoms with Crippen LogP contribution in [0.3, 0.4) is 0 Å². The van der Waals surface area contributed by atoms with Gasteiger partial charge in [0.25, 0.3) is 0 Å². The lowest BCUT2D eigenvalue weighted by molar-refractivity contribution is 0.152. The van der Waals surface area contributed by atoms with Crippen LogP contribution in [-0.4, -0.2) is 44.8 Å².